The van der Waals surface area contributed by atoms with E-state index in [1.807, 2.05) is 0 Å². The van der Waals surface area contributed by atoms with Gasteiger partial charge in [-0.15, -0.1) is 0 Å². The molecule has 3 aromatic rings. The van der Waals surface area contributed by atoms with Crippen LogP contribution in [-0.4, -0.2) is 15.8 Å². The van der Waals surface area contributed by atoms with E-state index in [1.54, 1.807) is 42.6 Å². The highest BCUT2D eigenvalue weighted by Crippen LogP contribution is 2.21. The fourth-order valence-corrected chi connectivity index (χ4v) is 2.51. The van der Waals surface area contributed by atoms with Crippen molar-refractivity contribution in [3.63, 3.8) is 0 Å². The number of aromatic nitrogens is 2. The van der Waals surface area contributed by atoms with Crippen molar-refractivity contribution in [2.75, 3.05) is 10.6 Å². The number of nitrogens with one attached hydrogen (secondary N) is 2. The van der Waals surface area contributed by atoms with Crippen molar-refractivity contribution in [3.8, 4) is 0 Å². The quantitative estimate of drug-likeness (QED) is 0.669. The van der Waals surface area contributed by atoms with E-state index in [9.17, 15) is 9.18 Å². The van der Waals surface area contributed by atoms with E-state index < -0.39 is 6.03 Å². The number of halogens is 3. The van der Waals surface area contributed by atoms with Gasteiger partial charge in [0.2, 0.25) is 0 Å². The topological polar surface area (TPSA) is 59.0 Å². The number of benzene rings is 2. The molecule has 0 bridgehead atoms. The van der Waals surface area contributed by atoms with Gasteiger partial charge in [-0.3, -0.25) is 10.00 Å². The maximum absolute atomic E-state index is 13.2. The Kier molecular flexibility index (Phi) is 5.21. The first-order valence-electron chi connectivity index (χ1n) is 7.30. The van der Waals surface area contributed by atoms with Crippen LogP contribution in [-0.2, 0) is 6.54 Å². The SMILES string of the molecule is O=C(Nc1ccc(Cl)cc1)Nc1nn(Cc2cccc(F)c2)cc1Cl. The molecule has 128 valence electrons. The number of amides is 2. The summed E-state index contributed by atoms with van der Waals surface area (Å²) in [6.07, 6.45) is 1.56. The molecule has 0 aliphatic heterocycles. The molecule has 1 heterocycles. The summed E-state index contributed by atoms with van der Waals surface area (Å²) in [6.45, 7) is 0.331. The monoisotopic (exact) mass is 378 g/mol. The number of nitrogens with zero attached hydrogens (tertiary/aromatic N) is 2. The summed E-state index contributed by atoms with van der Waals surface area (Å²) >= 11 is 11.9. The fraction of sp³-hybridized carbons (Fsp3) is 0.0588. The van der Waals surface area contributed by atoms with Gasteiger partial charge in [-0.2, -0.15) is 5.10 Å². The molecule has 0 aliphatic carbocycles. The van der Waals surface area contributed by atoms with Gasteiger partial charge in [-0.1, -0.05) is 35.3 Å². The lowest BCUT2D eigenvalue weighted by Crippen LogP contribution is -2.20. The Morgan fingerprint density at radius 2 is 1.88 bits per heavy atom. The van der Waals surface area contributed by atoms with Crippen LogP contribution in [0.5, 0.6) is 0 Å². The Hall–Kier alpha value is -2.57. The second-order valence-electron chi connectivity index (χ2n) is 5.24. The first-order valence-corrected chi connectivity index (χ1v) is 8.06. The lowest BCUT2D eigenvalue weighted by molar-refractivity contribution is 0.262. The van der Waals surface area contributed by atoms with Gasteiger partial charge < -0.3 is 5.32 Å². The largest absolute Gasteiger partial charge is 0.324 e. The molecule has 1 aromatic heterocycles. The minimum absolute atomic E-state index is 0.213. The van der Waals surface area contributed by atoms with Crippen LogP contribution in [0, 0.1) is 5.82 Å². The predicted molar refractivity (Wildman–Crippen MR) is 96.8 cm³/mol. The summed E-state index contributed by atoms with van der Waals surface area (Å²) in [4.78, 5) is 12.0. The Morgan fingerprint density at radius 1 is 1.12 bits per heavy atom. The summed E-state index contributed by atoms with van der Waals surface area (Å²) in [5.74, 6) is -0.110. The summed E-state index contributed by atoms with van der Waals surface area (Å²) < 4.78 is 14.8. The van der Waals surface area contributed by atoms with Crippen molar-refractivity contribution >= 4 is 40.7 Å². The number of anilines is 2. The molecule has 0 saturated carbocycles. The Morgan fingerprint density at radius 3 is 2.60 bits per heavy atom. The van der Waals surface area contributed by atoms with E-state index in [2.05, 4.69) is 15.7 Å². The van der Waals surface area contributed by atoms with E-state index >= 15 is 0 Å². The Labute approximate surface area is 153 Å². The molecule has 3 rings (SSSR count). The van der Waals surface area contributed by atoms with E-state index in [0.717, 1.165) is 5.56 Å². The van der Waals surface area contributed by atoms with Crippen molar-refractivity contribution in [1.29, 1.82) is 0 Å². The third-order valence-electron chi connectivity index (χ3n) is 3.28. The minimum atomic E-state index is -0.486. The first kappa shape index (κ1) is 17.3. The van der Waals surface area contributed by atoms with Gasteiger partial charge in [0.05, 0.1) is 6.54 Å². The smallest absolute Gasteiger partial charge is 0.308 e. The van der Waals surface area contributed by atoms with Crippen LogP contribution in [0.15, 0.2) is 54.7 Å². The first-order chi connectivity index (χ1) is 12.0. The number of carbonyl (C=O) groups excluding carboxylic acids is 1. The van der Waals surface area contributed by atoms with Crippen molar-refractivity contribution in [1.82, 2.24) is 9.78 Å². The number of hydrogen-bond donors (Lipinski definition) is 2. The van der Waals surface area contributed by atoms with Gasteiger partial charge in [-0.05, 0) is 42.0 Å². The van der Waals surface area contributed by atoms with Crippen LogP contribution in [0.2, 0.25) is 10.0 Å². The van der Waals surface area contributed by atoms with Crippen molar-refractivity contribution < 1.29 is 9.18 Å². The van der Waals surface area contributed by atoms with Gasteiger partial charge in [-0.25, -0.2) is 9.18 Å². The Bertz CT molecular complexity index is 896. The molecular formula is C17H13Cl2FN4O. The summed E-state index contributed by atoms with van der Waals surface area (Å²) in [5.41, 5.74) is 1.31. The zero-order chi connectivity index (χ0) is 17.8. The molecule has 25 heavy (non-hydrogen) atoms. The molecule has 0 saturated heterocycles. The summed E-state index contributed by atoms with van der Waals surface area (Å²) in [6, 6.07) is 12.4. The number of carbonyl (C=O) groups is 1. The highest BCUT2D eigenvalue weighted by molar-refractivity contribution is 6.33. The van der Waals surface area contributed by atoms with E-state index in [-0.39, 0.29) is 16.7 Å². The van der Waals surface area contributed by atoms with E-state index in [4.69, 9.17) is 23.2 Å². The Balaban J connectivity index is 1.65. The molecule has 0 spiro atoms. The normalized spacial score (nSPS) is 10.5. The molecule has 0 radical (unpaired) electrons. The highest BCUT2D eigenvalue weighted by Gasteiger charge is 2.11. The van der Waals surface area contributed by atoms with Gasteiger partial charge in [0.15, 0.2) is 5.82 Å². The van der Waals surface area contributed by atoms with Crippen LogP contribution in [0.1, 0.15) is 5.56 Å². The van der Waals surface area contributed by atoms with Gasteiger partial charge >= 0.3 is 6.03 Å². The lowest BCUT2D eigenvalue weighted by Gasteiger charge is -2.06. The molecule has 0 aliphatic rings. The van der Waals surface area contributed by atoms with Crippen molar-refractivity contribution in [2.24, 2.45) is 0 Å². The lowest BCUT2D eigenvalue weighted by atomic mass is 10.2. The number of hydrogen-bond acceptors (Lipinski definition) is 2. The molecule has 0 fully saturated rings. The fourth-order valence-electron chi connectivity index (χ4n) is 2.19. The molecule has 2 amide bonds. The van der Waals surface area contributed by atoms with Crippen LogP contribution >= 0.6 is 23.2 Å². The maximum atomic E-state index is 13.2. The van der Waals surface area contributed by atoms with Crippen LogP contribution < -0.4 is 10.6 Å². The zero-order valence-electron chi connectivity index (χ0n) is 12.8. The van der Waals surface area contributed by atoms with Gasteiger partial charge in [0, 0.05) is 16.9 Å². The maximum Gasteiger partial charge on any atom is 0.324 e. The number of urea groups is 1. The van der Waals surface area contributed by atoms with Gasteiger partial charge in [0.1, 0.15) is 10.8 Å². The summed E-state index contributed by atoms with van der Waals surface area (Å²) in [5, 5.41) is 10.3. The van der Waals surface area contributed by atoms with Crippen LogP contribution in [0.3, 0.4) is 0 Å². The molecule has 2 aromatic carbocycles. The average Bonchev–Trinajstić information content (AvgIpc) is 2.89. The molecule has 2 N–H and O–H groups in total. The molecular weight excluding hydrogens is 366 g/mol. The van der Waals surface area contributed by atoms with E-state index in [0.29, 0.717) is 17.3 Å². The zero-order valence-corrected chi connectivity index (χ0v) is 14.4. The van der Waals surface area contributed by atoms with Crippen LogP contribution in [0.4, 0.5) is 20.7 Å². The van der Waals surface area contributed by atoms with Crippen molar-refractivity contribution in [2.45, 2.75) is 6.54 Å². The second kappa shape index (κ2) is 7.55. The molecule has 0 atom stereocenters. The third kappa shape index (κ3) is 4.71. The average molecular weight is 379 g/mol. The molecule has 5 nitrogen and oxygen atoms in total. The van der Waals surface area contributed by atoms with Gasteiger partial charge in [0.25, 0.3) is 0 Å². The third-order valence-corrected chi connectivity index (χ3v) is 3.81. The van der Waals surface area contributed by atoms with E-state index in [1.165, 1.54) is 16.8 Å². The standard InChI is InChI=1S/C17H13Cl2FN4O/c18-12-4-6-14(7-5-12)21-17(25)22-16-15(19)10-24(23-16)9-11-2-1-3-13(20)8-11/h1-8,10H,9H2,(H2,21,22,23,25). The minimum Gasteiger partial charge on any atom is -0.308 e. The number of rotatable bonds is 4. The van der Waals surface area contributed by atoms with Crippen molar-refractivity contribution in [3.05, 3.63) is 76.2 Å². The summed E-state index contributed by atoms with van der Waals surface area (Å²) in [7, 11) is 0. The van der Waals surface area contributed by atoms with Crippen LogP contribution in [0.25, 0.3) is 0 Å². The highest BCUT2D eigenvalue weighted by atomic mass is 35.5. The predicted octanol–water partition coefficient (Wildman–Crippen LogP) is 5.02. The second-order valence-corrected chi connectivity index (χ2v) is 6.08. The molecule has 0 unspecified atom stereocenters. The molecule has 8 heteroatoms.